The predicted octanol–water partition coefficient (Wildman–Crippen LogP) is 2.12. The first-order valence-corrected chi connectivity index (χ1v) is 7.46. The zero-order valence-electron chi connectivity index (χ0n) is 12.5. The van der Waals surface area contributed by atoms with Crippen LogP contribution in [0.4, 0.5) is 0 Å². The van der Waals surface area contributed by atoms with Crippen molar-refractivity contribution in [1.82, 2.24) is 5.32 Å². The summed E-state index contributed by atoms with van der Waals surface area (Å²) in [5, 5.41) is 40.8. The monoisotopic (exact) mass is 301 g/mol. The Hall–Kier alpha value is -2.94. The highest BCUT2D eigenvalue weighted by atomic mass is 14.9. The highest BCUT2D eigenvalue weighted by molar-refractivity contribution is 6.00. The second-order valence-electron chi connectivity index (χ2n) is 5.86. The molecule has 1 aromatic rings. The van der Waals surface area contributed by atoms with Gasteiger partial charge in [-0.25, -0.2) is 0 Å². The van der Waals surface area contributed by atoms with Crippen molar-refractivity contribution >= 4 is 5.71 Å². The molecule has 0 spiro atoms. The zero-order chi connectivity index (χ0) is 16.4. The van der Waals surface area contributed by atoms with Gasteiger partial charge in [0.1, 0.15) is 5.92 Å². The van der Waals surface area contributed by atoms with Gasteiger partial charge in [-0.3, -0.25) is 0 Å². The number of fused-ring (bicyclic) bond motifs is 1. The Bertz CT molecular complexity index is 773. The SMILES string of the molecule is N#C[C@H]1C(=N)C(C#N)(C#N)[C@@H](c2ccccc2)[C@H]2CNCC=C12. The maximum atomic E-state index is 9.78. The smallest absolute Gasteiger partial charge is 0.189 e. The molecule has 2 N–H and O–H groups in total. The van der Waals surface area contributed by atoms with Crippen LogP contribution in [-0.2, 0) is 0 Å². The third-order valence-corrected chi connectivity index (χ3v) is 4.83. The number of nitriles is 3. The molecule has 0 aromatic heterocycles. The summed E-state index contributed by atoms with van der Waals surface area (Å²) in [5.74, 6) is -1.37. The minimum atomic E-state index is -1.61. The first-order chi connectivity index (χ1) is 11.2. The van der Waals surface area contributed by atoms with E-state index in [1.54, 1.807) is 0 Å². The van der Waals surface area contributed by atoms with Crippen LogP contribution in [0.15, 0.2) is 42.0 Å². The number of nitrogens with zero attached hydrogens (tertiary/aromatic N) is 3. The van der Waals surface area contributed by atoms with Crippen LogP contribution in [0.2, 0.25) is 0 Å². The topological polar surface area (TPSA) is 107 Å². The van der Waals surface area contributed by atoms with Gasteiger partial charge in [0, 0.05) is 24.9 Å². The lowest BCUT2D eigenvalue weighted by Gasteiger charge is -2.45. The van der Waals surface area contributed by atoms with Gasteiger partial charge < -0.3 is 10.7 Å². The van der Waals surface area contributed by atoms with Crippen LogP contribution in [0.1, 0.15) is 11.5 Å². The Kier molecular flexibility index (Phi) is 3.70. The third-order valence-electron chi connectivity index (χ3n) is 4.83. The Morgan fingerprint density at radius 1 is 1.13 bits per heavy atom. The molecule has 0 amide bonds. The summed E-state index contributed by atoms with van der Waals surface area (Å²) in [5.41, 5.74) is 0.0220. The first kappa shape index (κ1) is 15.0. The van der Waals surface area contributed by atoms with Gasteiger partial charge in [-0.1, -0.05) is 36.4 Å². The third kappa shape index (κ3) is 2.05. The van der Waals surface area contributed by atoms with E-state index in [1.807, 2.05) is 36.4 Å². The fourth-order valence-corrected chi connectivity index (χ4v) is 3.77. The highest BCUT2D eigenvalue weighted by Gasteiger charge is 2.57. The van der Waals surface area contributed by atoms with Gasteiger partial charge in [-0.15, -0.1) is 0 Å². The van der Waals surface area contributed by atoms with Gasteiger partial charge in [0.05, 0.1) is 23.9 Å². The molecule has 5 nitrogen and oxygen atoms in total. The van der Waals surface area contributed by atoms with Crippen LogP contribution in [0.5, 0.6) is 0 Å². The second kappa shape index (κ2) is 5.69. The molecule has 5 heteroatoms. The molecule has 1 heterocycles. The molecule has 0 radical (unpaired) electrons. The fraction of sp³-hybridized carbons (Fsp3) is 0.333. The van der Waals surface area contributed by atoms with Gasteiger partial charge in [0.2, 0.25) is 0 Å². The Morgan fingerprint density at radius 3 is 2.43 bits per heavy atom. The average Bonchev–Trinajstić information content (AvgIpc) is 2.61. The van der Waals surface area contributed by atoms with E-state index < -0.39 is 17.3 Å². The van der Waals surface area contributed by atoms with Crippen LogP contribution in [0.3, 0.4) is 0 Å². The largest absolute Gasteiger partial charge is 0.313 e. The highest BCUT2D eigenvalue weighted by Crippen LogP contribution is 2.52. The Labute approximate surface area is 135 Å². The van der Waals surface area contributed by atoms with Crippen molar-refractivity contribution in [3.05, 3.63) is 47.5 Å². The minimum Gasteiger partial charge on any atom is -0.313 e. The van der Waals surface area contributed by atoms with E-state index >= 15 is 0 Å². The predicted molar refractivity (Wildman–Crippen MR) is 84.1 cm³/mol. The maximum absolute atomic E-state index is 9.78. The molecule has 3 atom stereocenters. The van der Waals surface area contributed by atoms with Crippen molar-refractivity contribution < 1.29 is 0 Å². The summed E-state index contributed by atoms with van der Waals surface area (Å²) >= 11 is 0. The average molecular weight is 301 g/mol. The molecule has 1 aliphatic heterocycles. The maximum Gasteiger partial charge on any atom is 0.189 e. The summed E-state index contributed by atoms with van der Waals surface area (Å²) in [6.45, 7) is 1.24. The van der Waals surface area contributed by atoms with E-state index in [4.69, 9.17) is 5.41 Å². The van der Waals surface area contributed by atoms with Gasteiger partial charge in [0.25, 0.3) is 0 Å². The lowest BCUT2D eigenvalue weighted by molar-refractivity contribution is 0.332. The quantitative estimate of drug-likeness (QED) is 0.774. The van der Waals surface area contributed by atoms with Gasteiger partial charge >= 0.3 is 0 Å². The van der Waals surface area contributed by atoms with Crippen LogP contribution in [0.25, 0.3) is 0 Å². The van der Waals surface area contributed by atoms with Gasteiger partial charge in [-0.05, 0) is 11.1 Å². The molecule has 1 fully saturated rings. The van der Waals surface area contributed by atoms with Crippen molar-refractivity contribution in [3.8, 4) is 18.2 Å². The van der Waals surface area contributed by atoms with E-state index in [0.717, 1.165) is 11.1 Å². The molecular formula is C18H15N5. The molecule has 3 rings (SSSR count). The van der Waals surface area contributed by atoms with Crippen LogP contribution in [0, 0.1) is 56.7 Å². The molecule has 112 valence electrons. The second-order valence-corrected chi connectivity index (χ2v) is 5.86. The van der Waals surface area contributed by atoms with E-state index in [1.165, 1.54) is 0 Å². The van der Waals surface area contributed by atoms with Crippen molar-refractivity contribution in [2.24, 2.45) is 17.3 Å². The van der Waals surface area contributed by atoms with Crippen molar-refractivity contribution in [2.45, 2.75) is 5.92 Å². The van der Waals surface area contributed by atoms with Crippen LogP contribution < -0.4 is 5.32 Å². The van der Waals surface area contributed by atoms with Crippen LogP contribution >= 0.6 is 0 Å². The molecule has 0 unspecified atom stereocenters. The van der Waals surface area contributed by atoms with Crippen molar-refractivity contribution in [2.75, 3.05) is 13.1 Å². The zero-order valence-corrected chi connectivity index (χ0v) is 12.5. The van der Waals surface area contributed by atoms with Crippen molar-refractivity contribution in [3.63, 3.8) is 0 Å². The summed E-state index contributed by atoms with van der Waals surface area (Å²) in [7, 11) is 0. The normalized spacial score (nSPS) is 28.5. The van der Waals surface area contributed by atoms with E-state index in [9.17, 15) is 15.8 Å². The van der Waals surface area contributed by atoms with Crippen molar-refractivity contribution in [1.29, 1.82) is 21.2 Å². The van der Waals surface area contributed by atoms with Gasteiger partial charge in [0.15, 0.2) is 5.41 Å². The number of nitrogens with one attached hydrogen (secondary N) is 2. The lowest BCUT2D eigenvalue weighted by atomic mass is 9.54. The van der Waals surface area contributed by atoms with Crippen LogP contribution in [-0.4, -0.2) is 18.8 Å². The molecule has 1 aliphatic carbocycles. The number of hydrogen-bond acceptors (Lipinski definition) is 5. The molecule has 1 aromatic carbocycles. The first-order valence-electron chi connectivity index (χ1n) is 7.46. The summed E-state index contributed by atoms with van der Waals surface area (Å²) in [4.78, 5) is 0. The fourth-order valence-electron chi connectivity index (χ4n) is 3.77. The number of rotatable bonds is 1. The van der Waals surface area contributed by atoms with E-state index in [-0.39, 0.29) is 11.6 Å². The molecule has 2 aliphatic rings. The molecule has 23 heavy (non-hydrogen) atoms. The summed E-state index contributed by atoms with van der Waals surface area (Å²) < 4.78 is 0. The standard InChI is InChI=1S/C18H15N5/c19-8-14-13-6-7-23-9-15(13)16(12-4-2-1-3-5-12)18(10-20,11-21)17(14)22/h1-6,14-16,22-23H,7,9H2/t14-,15+,16+/m1/s1. The lowest BCUT2D eigenvalue weighted by Crippen LogP contribution is -2.52. The molecule has 0 saturated heterocycles. The molecule has 1 saturated carbocycles. The molecule has 0 bridgehead atoms. The number of benzene rings is 1. The molecular weight excluding hydrogens is 286 g/mol. The van der Waals surface area contributed by atoms with Gasteiger partial charge in [-0.2, -0.15) is 15.8 Å². The van der Waals surface area contributed by atoms with E-state index in [2.05, 4.69) is 23.5 Å². The Balaban J connectivity index is 2.26. The number of hydrogen-bond donors (Lipinski definition) is 2. The summed E-state index contributed by atoms with van der Waals surface area (Å²) in [6, 6.07) is 15.7. The Morgan fingerprint density at radius 2 is 1.83 bits per heavy atom. The minimum absolute atomic E-state index is 0.0942. The van der Waals surface area contributed by atoms with E-state index in [0.29, 0.717) is 13.1 Å². The summed E-state index contributed by atoms with van der Waals surface area (Å²) in [6.07, 6.45) is 1.94.